The number of ether oxygens (including phenoxy) is 1. The lowest BCUT2D eigenvalue weighted by Gasteiger charge is -2.44. The van der Waals surface area contributed by atoms with Crippen molar-refractivity contribution >= 4 is 29.4 Å². The number of pyridine rings is 1. The molecule has 41 heavy (non-hydrogen) atoms. The van der Waals surface area contributed by atoms with Crippen LogP contribution >= 0.6 is 0 Å². The van der Waals surface area contributed by atoms with Gasteiger partial charge < -0.3 is 30.6 Å². The van der Waals surface area contributed by atoms with Crippen molar-refractivity contribution in [2.75, 3.05) is 25.5 Å². The molecule has 2 saturated carbocycles. The van der Waals surface area contributed by atoms with Crippen molar-refractivity contribution in [3.8, 4) is 0 Å². The minimum absolute atomic E-state index is 0.0138. The van der Waals surface area contributed by atoms with Crippen LogP contribution in [0, 0.1) is 17.8 Å². The fourth-order valence-corrected chi connectivity index (χ4v) is 6.04. The number of carbonyl (C=O) groups is 4. The van der Waals surface area contributed by atoms with Crippen LogP contribution in [0.4, 0.5) is 5.69 Å². The van der Waals surface area contributed by atoms with E-state index in [9.17, 15) is 24.0 Å². The van der Waals surface area contributed by atoms with E-state index in [2.05, 4.69) is 32.9 Å². The highest BCUT2D eigenvalue weighted by Gasteiger charge is 2.38. The molecule has 2 fully saturated rings. The summed E-state index contributed by atoms with van der Waals surface area (Å²) in [5.41, 5.74) is -0.495. The third kappa shape index (κ3) is 9.84. The highest BCUT2D eigenvalue weighted by molar-refractivity contribution is 5.97. The minimum atomic E-state index is -0.948. The van der Waals surface area contributed by atoms with Crippen LogP contribution in [-0.2, 0) is 30.5 Å². The lowest BCUT2D eigenvalue weighted by Crippen LogP contribution is -2.50. The van der Waals surface area contributed by atoms with Gasteiger partial charge in [0.25, 0.3) is 5.56 Å². The third-order valence-electron chi connectivity index (χ3n) is 8.01. The number of nitrogens with one attached hydrogen (secondary N) is 4. The summed E-state index contributed by atoms with van der Waals surface area (Å²) in [5, 5.41) is 11.5. The van der Waals surface area contributed by atoms with Crippen LogP contribution in [-0.4, -0.2) is 60.5 Å². The van der Waals surface area contributed by atoms with E-state index in [1.54, 1.807) is 12.1 Å². The summed E-state index contributed by atoms with van der Waals surface area (Å²) in [5.74, 6) is -0.0360. The molecule has 1 heterocycles. The predicted molar refractivity (Wildman–Crippen MR) is 156 cm³/mol. The number of methoxy groups -OCH3 is 1. The zero-order valence-corrected chi connectivity index (χ0v) is 24.4. The molecule has 0 radical (unpaired) electrons. The van der Waals surface area contributed by atoms with Gasteiger partial charge in [0.15, 0.2) is 0 Å². The first kappa shape index (κ1) is 32.0. The Bertz CT molecular complexity index is 1150. The van der Waals surface area contributed by atoms with Gasteiger partial charge in [0.1, 0.15) is 18.3 Å². The van der Waals surface area contributed by atoms with Crippen molar-refractivity contribution in [2.45, 2.75) is 83.8 Å². The average molecular weight is 572 g/mol. The van der Waals surface area contributed by atoms with Crippen molar-refractivity contribution in [3.63, 3.8) is 0 Å². The van der Waals surface area contributed by atoms with Gasteiger partial charge in [-0.3, -0.25) is 19.2 Å². The monoisotopic (exact) mass is 571 g/mol. The van der Waals surface area contributed by atoms with Gasteiger partial charge in [-0.25, -0.2) is 4.79 Å². The van der Waals surface area contributed by atoms with Gasteiger partial charge in [0, 0.05) is 18.3 Å². The van der Waals surface area contributed by atoms with Gasteiger partial charge in [-0.1, -0.05) is 32.8 Å². The molecular weight excluding hydrogens is 526 g/mol. The zero-order valence-electron chi connectivity index (χ0n) is 24.4. The Hall–Kier alpha value is -3.47. The Morgan fingerprint density at radius 2 is 1.98 bits per heavy atom. The fraction of sp³-hybridized carbons (Fsp3) is 0.633. The second-order valence-electron chi connectivity index (χ2n) is 11.2. The predicted octanol–water partition coefficient (Wildman–Crippen LogP) is 2.11. The number of fused-ring (bicyclic) bond motifs is 2. The molecule has 4 unspecified atom stereocenters. The van der Waals surface area contributed by atoms with Crippen LogP contribution in [0.1, 0.15) is 65.2 Å². The van der Waals surface area contributed by atoms with Gasteiger partial charge in [-0.15, -0.1) is 0 Å². The number of hydrogen-bond donors (Lipinski definition) is 4. The lowest BCUT2D eigenvalue weighted by molar-refractivity contribution is -0.135. The number of rotatable bonds is 14. The molecule has 0 saturated heterocycles. The standard InChI is InChI=1S/C30H45N5O6/c1-4-14-31-18-25(36)32-23(11-5-6-13-27(38)41-3)29(39)33-24-12-8-15-35(30(24)40)19-26(37)34-28-20(2)16-21-9-7-10-22(28)17-21/h6,8,12-13,15,20-23,28,31H,4-5,7,9-11,14,16-19H2,1-3H3,(H,32,36)(H,33,39)(H,34,37)/b13-6+/t20?,21?,22?,23-,28?/m0/s1. The third-order valence-corrected chi connectivity index (χ3v) is 8.01. The molecule has 4 N–H and O–H groups in total. The van der Waals surface area contributed by atoms with E-state index in [0.717, 1.165) is 31.6 Å². The molecule has 3 rings (SSSR count). The molecule has 0 spiro atoms. The maximum atomic E-state index is 13.2. The molecule has 1 aromatic rings. The van der Waals surface area contributed by atoms with E-state index in [-0.39, 0.29) is 43.1 Å². The highest BCUT2D eigenvalue weighted by atomic mass is 16.5. The van der Waals surface area contributed by atoms with E-state index in [4.69, 9.17) is 0 Å². The summed E-state index contributed by atoms with van der Waals surface area (Å²) >= 11 is 0. The van der Waals surface area contributed by atoms with E-state index in [0.29, 0.717) is 24.8 Å². The quantitative estimate of drug-likeness (QED) is 0.152. The van der Waals surface area contributed by atoms with Gasteiger partial charge in [-0.05, 0) is 75.0 Å². The van der Waals surface area contributed by atoms with Crippen LogP contribution < -0.4 is 26.8 Å². The maximum absolute atomic E-state index is 13.2. The Labute approximate surface area is 241 Å². The number of hydrogen-bond acceptors (Lipinski definition) is 7. The van der Waals surface area contributed by atoms with Gasteiger partial charge in [0.2, 0.25) is 17.7 Å². The van der Waals surface area contributed by atoms with Crippen LogP contribution in [0.3, 0.4) is 0 Å². The zero-order chi connectivity index (χ0) is 29.8. The second kappa shape index (κ2) is 16.1. The molecule has 11 heteroatoms. The van der Waals surface area contributed by atoms with Crippen LogP contribution in [0.15, 0.2) is 35.3 Å². The van der Waals surface area contributed by atoms with Crippen LogP contribution in [0.5, 0.6) is 0 Å². The largest absolute Gasteiger partial charge is 0.466 e. The number of aromatic nitrogens is 1. The maximum Gasteiger partial charge on any atom is 0.330 e. The van der Waals surface area contributed by atoms with Crippen LogP contribution in [0.2, 0.25) is 0 Å². The molecule has 1 aromatic heterocycles. The number of esters is 1. The number of nitrogens with zero attached hydrogens (tertiary/aromatic N) is 1. The summed E-state index contributed by atoms with van der Waals surface area (Å²) in [7, 11) is 1.27. The molecular formula is C30H45N5O6. The molecule has 3 amide bonds. The minimum Gasteiger partial charge on any atom is -0.466 e. The summed E-state index contributed by atoms with van der Waals surface area (Å²) in [6.07, 6.45) is 11.6. The number of carbonyl (C=O) groups excluding carboxylic acids is 4. The Morgan fingerprint density at radius 1 is 1.17 bits per heavy atom. The Kier molecular flexibility index (Phi) is 12.6. The molecule has 11 nitrogen and oxygen atoms in total. The fourth-order valence-electron chi connectivity index (χ4n) is 6.04. The number of allylic oxidation sites excluding steroid dienone is 1. The summed E-state index contributed by atoms with van der Waals surface area (Å²) in [6.45, 7) is 4.72. The second-order valence-corrected chi connectivity index (χ2v) is 11.2. The highest BCUT2D eigenvalue weighted by Crippen LogP contribution is 2.42. The Morgan fingerprint density at radius 3 is 2.73 bits per heavy atom. The molecule has 5 atom stereocenters. The molecule has 0 aliphatic heterocycles. The topological polar surface area (TPSA) is 148 Å². The first-order chi connectivity index (χ1) is 19.7. The van der Waals surface area contributed by atoms with Gasteiger partial charge in [-0.2, -0.15) is 0 Å². The van der Waals surface area contributed by atoms with Crippen molar-refractivity contribution in [1.82, 2.24) is 20.5 Å². The van der Waals surface area contributed by atoms with E-state index in [1.165, 1.54) is 42.9 Å². The normalized spacial score (nSPS) is 22.5. The summed E-state index contributed by atoms with van der Waals surface area (Å²) in [4.78, 5) is 63.1. The van der Waals surface area contributed by atoms with E-state index < -0.39 is 23.5 Å². The number of anilines is 1. The summed E-state index contributed by atoms with van der Waals surface area (Å²) < 4.78 is 5.85. The first-order valence-corrected chi connectivity index (χ1v) is 14.8. The van der Waals surface area contributed by atoms with Gasteiger partial charge in [0.05, 0.1) is 13.7 Å². The summed E-state index contributed by atoms with van der Waals surface area (Å²) in [6, 6.07) is 2.23. The molecule has 226 valence electrons. The molecule has 0 aromatic carbocycles. The lowest BCUT2D eigenvalue weighted by atomic mass is 9.65. The first-order valence-electron chi connectivity index (χ1n) is 14.8. The van der Waals surface area contributed by atoms with Gasteiger partial charge >= 0.3 is 5.97 Å². The van der Waals surface area contributed by atoms with Crippen molar-refractivity contribution < 1.29 is 23.9 Å². The Balaban J connectivity index is 1.64. The van der Waals surface area contributed by atoms with Crippen molar-refractivity contribution in [3.05, 3.63) is 40.8 Å². The van der Waals surface area contributed by atoms with E-state index >= 15 is 0 Å². The SMILES string of the molecule is CCCNCC(=O)N[C@@H](CC/C=C/C(=O)OC)C(=O)Nc1cccn(CC(=O)NC2C(C)CC3CCCC2C3)c1=O. The molecule has 2 aliphatic carbocycles. The van der Waals surface area contributed by atoms with Crippen molar-refractivity contribution in [1.29, 1.82) is 0 Å². The molecule has 2 aliphatic rings. The van der Waals surface area contributed by atoms with E-state index in [1.807, 2.05) is 6.92 Å². The smallest absolute Gasteiger partial charge is 0.330 e. The average Bonchev–Trinajstić information content (AvgIpc) is 2.94. The van der Waals surface area contributed by atoms with Crippen LogP contribution in [0.25, 0.3) is 0 Å². The number of amides is 3. The van der Waals surface area contributed by atoms with Crippen molar-refractivity contribution in [2.24, 2.45) is 17.8 Å². The molecule has 2 bridgehead atoms.